The van der Waals surface area contributed by atoms with Crippen LogP contribution < -0.4 is 4.91 Å². The standard InChI is InChI=1S/C6H11BNO3S.Li/c1-9-7(10-2,11-3)6-8-4-5-12-6;/h4-5H,1-3H3;/q-1;. The molecule has 13 heavy (non-hydrogen) atoms. The van der Waals surface area contributed by atoms with Gasteiger partial charge < -0.3 is 14.0 Å². The van der Waals surface area contributed by atoms with E-state index in [2.05, 4.69) is 4.98 Å². The summed E-state index contributed by atoms with van der Waals surface area (Å²) in [6.45, 7) is -1.81. The van der Waals surface area contributed by atoms with Crippen LogP contribution in [0.25, 0.3) is 0 Å². The SMILES string of the molecule is CO[B-](OC)(OC)c1nccs1.[Li]. The van der Waals surface area contributed by atoms with Gasteiger partial charge in [0.05, 0.1) is 0 Å². The molecule has 4 nitrogen and oxygen atoms in total. The molecule has 0 saturated carbocycles. The summed E-state index contributed by atoms with van der Waals surface area (Å²) in [5, 5.41) is 1.85. The first kappa shape index (κ1) is 13.2. The summed E-state index contributed by atoms with van der Waals surface area (Å²) in [6, 6.07) is 0. The van der Waals surface area contributed by atoms with Gasteiger partial charge in [0.2, 0.25) is 0 Å². The second-order valence-corrected chi connectivity index (χ2v) is 3.15. The largest absolute Gasteiger partial charge is 0.542 e. The molecule has 1 aromatic rings. The van der Waals surface area contributed by atoms with Crippen molar-refractivity contribution in [1.82, 2.24) is 4.98 Å². The molecular formula is C6H11BLiNO3S-. The van der Waals surface area contributed by atoms with Crippen molar-refractivity contribution in [2.75, 3.05) is 21.3 Å². The van der Waals surface area contributed by atoms with Crippen molar-refractivity contribution in [3.8, 4) is 0 Å². The molecule has 7 heteroatoms. The average Bonchev–Trinajstić information content (AvgIpc) is 2.62. The molecule has 69 valence electrons. The first-order valence-electron chi connectivity index (χ1n) is 3.48. The van der Waals surface area contributed by atoms with Gasteiger partial charge in [-0.1, -0.05) is 0 Å². The summed E-state index contributed by atoms with van der Waals surface area (Å²) < 4.78 is 15.4. The van der Waals surface area contributed by atoms with Gasteiger partial charge in [-0.05, 0) is 21.3 Å². The third-order valence-electron chi connectivity index (χ3n) is 1.68. The van der Waals surface area contributed by atoms with Gasteiger partial charge in [-0.3, -0.25) is 4.98 Å². The Labute approximate surface area is 93.8 Å². The fraction of sp³-hybridized carbons (Fsp3) is 0.500. The van der Waals surface area contributed by atoms with Crippen molar-refractivity contribution in [3.63, 3.8) is 0 Å². The van der Waals surface area contributed by atoms with Crippen LogP contribution in [-0.4, -0.2) is 51.9 Å². The quantitative estimate of drug-likeness (QED) is 0.626. The van der Waals surface area contributed by atoms with Crippen molar-refractivity contribution in [1.29, 1.82) is 0 Å². The zero-order chi connectivity index (χ0) is 9.03. The van der Waals surface area contributed by atoms with Gasteiger partial charge in [0.1, 0.15) is 0 Å². The van der Waals surface area contributed by atoms with E-state index in [0.717, 1.165) is 0 Å². The van der Waals surface area contributed by atoms with E-state index in [0.29, 0.717) is 4.91 Å². The normalized spacial score (nSPS) is 11.0. The van der Waals surface area contributed by atoms with E-state index >= 15 is 0 Å². The van der Waals surface area contributed by atoms with Gasteiger partial charge >= 0.3 is 6.75 Å². The monoisotopic (exact) mass is 195 g/mol. The fourth-order valence-corrected chi connectivity index (χ4v) is 1.84. The second kappa shape index (κ2) is 5.81. The Morgan fingerprint density at radius 2 is 1.77 bits per heavy atom. The van der Waals surface area contributed by atoms with Gasteiger partial charge in [-0.25, -0.2) is 0 Å². The summed E-state index contributed by atoms with van der Waals surface area (Å²) >= 11 is 1.45. The predicted octanol–water partition coefficient (Wildman–Crippen LogP) is -0.153. The Morgan fingerprint density at radius 3 is 2.08 bits per heavy atom. The number of hydrogen-bond acceptors (Lipinski definition) is 5. The predicted molar refractivity (Wildman–Crippen MR) is 54.3 cm³/mol. The molecule has 1 radical (unpaired) electrons. The molecule has 1 heterocycles. The maximum Gasteiger partial charge on any atom is 0.437 e. The molecule has 0 spiro atoms. The van der Waals surface area contributed by atoms with Crippen LogP contribution in [0.3, 0.4) is 0 Å². The van der Waals surface area contributed by atoms with E-state index in [1.54, 1.807) is 6.20 Å². The molecule has 0 aliphatic heterocycles. The van der Waals surface area contributed by atoms with Crippen LogP contribution >= 0.6 is 11.3 Å². The van der Waals surface area contributed by atoms with Crippen molar-refractivity contribution in [2.24, 2.45) is 0 Å². The molecule has 0 saturated heterocycles. The summed E-state index contributed by atoms with van der Waals surface area (Å²) in [7, 11) is 4.61. The molecule has 0 amide bonds. The minimum atomic E-state index is -1.81. The minimum Gasteiger partial charge on any atom is -0.542 e. The average molecular weight is 195 g/mol. The van der Waals surface area contributed by atoms with E-state index in [-0.39, 0.29) is 18.9 Å². The summed E-state index contributed by atoms with van der Waals surface area (Å²) in [6.07, 6.45) is 1.69. The van der Waals surface area contributed by atoms with Gasteiger partial charge in [0, 0.05) is 35.3 Å². The minimum absolute atomic E-state index is 0. The summed E-state index contributed by atoms with van der Waals surface area (Å²) in [5.41, 5.74) is 0. The van der Waals surface area contributed by atoms with Crippen molar-refractivity contribution in [2.45, 2.75) is 0 Å². The third kappa shape index (κ3) is 2.56. The van der Waals surface area contributed by atoms with Crippen LogP contribution in [0, 0.1) is 0 Å². The van der Waals surface area contributed by atoms with E-state index < -0.39 is 6.75 Å². The Balaban J connectivity index is 0.00000144. The van der Waals surface area contributed by atoms with Crippen LogP contribution in [0.2, 0.25) is 0 Å². The van der Waals surface area contributed by atoms with E-state index in [1.807, 2.05) is 5.38 Å². The zero-order valence-electron chi connectivity index (χ0n) is 8.31. The maximum absolute atomic E-state index is 5.15. The van der Waals surface area contributed by atoms with Crippen LogP contribution in [0.1, 0.15) is 0 Å². The summed E-state index contributed by atoms with van der Waals surface area (Å²) in [5.74, 6) is 0. The fourth-order valence-electron chi connectivity index (χ4n) is 1.00. The number of thiazole rings is 1. The van der Waals surface area contributed by atoms with Crippen LogP contribution in [0.5, 0.6) is 0 Å². The number of hydrogen-bond donors (Lipinski definition) is 0. The van der Waals surface area contributed by atoms with Crippen LogP contribution in [0.15, 0.2) is 11.6 Å². The molecule has 1 rings (SSSR count). The molecule has 0 atom stereocenters. The van der Waals surface area contributed by atoms with Gasteiger partial charge in [0.15, 0.2) is 0 Å². The number of rotatable bonds is 4. The third-order valence-corrected chi connectivity index (χ3v) is 2.58. The van der Waals surface area contributed by atoms with E-state index in [9.17, 15) is 0 Å². The molecule has 0 bridgehead atoms. The van der Waals surface area contributed by atoms with Gasteiger partial charge in [-0.15, -0.1) is 0 Å². The van der Waals surface area contributed by atoms with Gasteiger partial charge in [0.25, 0.3) is 0 Å². The maximum atomic E-state index is 5.15. The molecule has 1 aromatic heterocycles. The zero-order valence-corrected chi connectivity index (χ0v) is 9.13. The number of aromatic nitrogens is 1. The topological polar surface area (TPSA) is 40.6 Å². The van der Waals surface area contributed by atoms with Gasteiger partial charge in [-0.2, -0.15) is 11.3 Å². The summed E-state index contributed by atoms with van der Waals surface area (Å²) in [4.78, 5) is 4.78. The Hall–Kier alpha value is 0.172. The Morgan fingerprint density at radius 1 is 1.23 bits per heavy atom. The van der Waals surface area contributed by atoms with Crippen molar-refractivity contribution >= 4 is 41.9 Å². The Kier molecular flexibility index (Phi) is 5.89. The smallest absolute Gasteiger partial charge is 0.437 e. The van der Waals surface area contributed by atoms with E-state index in [4.69, 9.17) is 14.0 Å². The number of nitrogens with zero attached hydrogens (tertiary/aromatic N) is 1. The molecule has 0 unspecified atom stereocenters. The van der Waals surface area contributed by atoms with E-state index in [1.165, 1.54) is 32.7 Å². The van der Waals surface area contributed by atoms with Crippen molar-refractivity contribution in [3.05, 3.63) is 11.6 Å². The molecule has 0 aromatic carbocycles. The molecule has 0 aliphatic carbocycles. The molecule has 0 N–H and O–H groups in total. The van der Waals surface area contributed by atoms with Crippen molar-refractivity contribution < 1.29 is 14.0 Å². The first-order valence-corrected chi connectivity index (χ1v) is 4.36. The molecular weight excluding hydrogens is 184 g/mol. The van der Waals surface area contributed by atoms with Crippen LogP contribution in [-0.2, 0) is 14.0 Å². The molecule has 0 aliphatic rings. The Bertz CT molecular complexity index is 222. The molecule has 0 fully saturated rings. The first-order chi connectivity index (χ1) is 5.79. The second-order valence-electron chi connectivity index (χ2n) is 2.22. The van der Waals surface area contributed by atoms with Crippen LogP contribution in [0.4, 0.5) is 0 Å².